The zero-order valence-corrected chi connectivity index (χ0v) is 18.1. The quantitative estimate of drug-likeness (QED) is 0.561. The minimum Gasteiger partial charge on any atom is -0.431 e. The molecule has 0 saturated carbocycles. The van der Waals surface area contributed by atoms with Gasteiger partial charge in [-0.3, -0.25) is 4.79 Å². The highest BCUT2D eigenvalue weighted by Crippen LogP contribution is 2.35. The molecule has 0 aliphatic carbocycles. The fourth-order valence-electron chi connectivity index (χ4n) is 3.43. The lowest BCUT2D eigenvalue weighted by atomic mass is 9.99. The second kappa shape index (κ2) is 9.08. The minimum atomic E-state index is -4.55. The van der Waals surface area contributed by atoms with Crippen LogP contribution >= 0.6 is 0 Å². The molecule has 13 heteroatoms. The number of nitrogens with zero attached hydrogens (tertiary/aromatic N) is 2. The van der Waals surface area contributed by atoms with Gasteiger partial charge in [-0.2, -0.15) is 30.9 Å². The molecule has 0 bridgehead atoms. The molecule has 0 spiro atoms. The van der Waals surface area contributed by atoms with Crippen molar-refractivity contribution in [2.45, 2.75) is 44.8 Å². The Morgan fingerprint density at radius 1 is 1.38 bits per heavy atom. The predicted molar refractivity (Wildman–Crippen MR) is 109 cm³/mol. The molecule has 2 heterocycles. The number of carbonyl (C=O) groups is 1. The van der Waals surface area contributed by atoms with Crippen LogP contribution < -0.4 is 10.0 Å². The van der Waals surface area contributed by atoms with Crippen LogP contribution in [0.1, 0.15) is 54.2 Å². The lowest BCUT2D eigenvalue weighted by Gasteiger charge is -2.21. The van der Waals surface area contributed by atoms with Gasteiger partial charge in [0.05, 0.1) is 12.2 Å². The smallest absolute Gasteiger partial charge is 0.416 e. The molecule has 1 atom stereocenters. The van der Waals surface area contributed by atoms with Gasteiger partial charge in [0.25, 0.3) is 11.9 Å². The van der Waals surface area contributed by atoms with Crippen molar-refractivity contribution in [2.24, 2.45) is 0 Å². The summed E-state index contributed by atoms with van der Waals surface area (Å²) >= 11 is 0. The first-order valence-corrected chi connectivity index (χ1v) is 11.2. The maximum absolute atomic E-state index is 13.1. The summed E-state index contributed by atoms with van der Waals surface area (Å²) in [7, 11) is -4.21. The van der Waals surface area contributed by atoms with E-state index in [9.17, 15) is 31.5 Å². The Hall–Kier alpha value is -2.64. The first-order valence-electron chi connectivity index (χ1n) is 9.81. The first-order chi connectivity index (χ1) is 14.9. The molecule has 9 nitrogen and oxygen atoms in total. The number of aliphatic hydroxyl groups is 1. The van der Waals surface area contributed by atoms with Gasteiger partial charge >= 0.3 is 16.4 Å². The molecule has 1 aromatic carbocycles. The average Bonchev–Trinajstić information content (AvgIpc) is 3.36. The fourth-order valence-corrected chi connectivity index (χ4v) is 4.82. The summed E-state index contributed by atoms with van der Waals surface area (Å²) in [5.74, 6) is -1.19. The largest absolute Gasteiger partial charge is 0.431 e. The molecule has 1 saturated heterocycles. The Bertz CT molecular complexity index is 1080. The molecule has 32 heavy (non-hydrogen) atoms. The summed E-state index contributed by atoms with van der Waals surface area (Å²) < 4.78 is 72.1. The number of aliphatic hydroxyl groups excluding tert-OH is 1. The van der Waals surface area contributed by atoms with E-state index in [4.69, 9.17) is 4.42 Å². The summed E-state index contributed by atoms with van der Waals surface area (Å²) in [6.07, 6.45) is -2.64. The maximum Gasteiger partial charge on any atom is 0.416 e. The van der Waals surface area contributed by atoms with E-state index in [-0.39, 0.29) is 36.5 Å². The van der Waals surface area contributed by atoms with E-state index >= 15 is 0 Å². The van der Waals surface area contributed by atoms with Gasteiger partial charge in [0.2, 0.25) is 0 Å². The van der Waals surface area contributed by atoms with Gasteiger partial charge in [-0.1, -0.05) is 19.9 Å². The van der Waals surface area contributed by atoms with E-state index in [2.05, 4.69) is 10.3 Å². The number of benzene rings is 1. The minimum absolute atomic E-state index is 0.0964. The third-order valence-corrected chi connectivity index (χ3v) is 6.59. The summed E-state index contributed by atoms with van der Waals surface area (Å²) in [4.78, 5) is 16.2. The second-order valence-corrected chi connectivity index (χ2v) is 9.27. The van der Waals surface area contributed by atoms with Gasteiger partial charge in [-0.05, 0) is 36.5 Å². The molecule has 1 unspecified atom stereocenters. The molecule has 1 aromatic heterocycles. The summed E-state index contributed by atoms with van der Waals surface area (Å²) in [6, 6.07) is 2.32. The summed E-state index contributed by atoms with van der Waals surface area (Å²) in [5.41, 5.74) is -0.592. The van der Waals surface area contributed by atoms with Gasteiger partial charge < -0.3 is 14.8 Å². The van der Waals surface area contributed by atoms with Gasteiger partial charge in [-0.25, -0.2) is 4.72 Å². The van der Waals surface area contributed by atoms with E-state index < -0.39 is 33.9 Å². The predicted octanol–water partition coefficient (Wildman–Crippen LogP) is 2.99. The Balaban J connectivity index is 1.78. The van der Waals surface area contributed by atoms with Crippen molar-refractivity contribution >= 4 is 27.8 Å². The first kappa shape index (κ1) is 24.0. The molecule has 1 fully saturated rings. The van der Waals surface area contributed by atoms with Crippen LogP contribution in [0.4, 0.5) is 24.9 Å². The normalized spacial score (nSPS) is 17.7. The number of alkyl halides is 3. The Kier molecular flexibility index (Phi) is 6.81. The number of carbonyl (C=O) groups excluding carboxylic acids is 1. The Morgan fingerprint density at radius 2 is 2.09 bits per heavy atom. The monoisotopic (exact) mass is 476 g/mol. The number of hydrogen-bond donors (Lipinski definition) is 3. The van der Waals surface area contributed by atoms with Gasteiger partial charge in [0, 0.05) is 18.3 Å². The number of halogens is 3. The van der Waals surface area contributed by atoms with Crippen molar-refractivity contribution in [1.82, 2.24) is 14.0 Å². The highest BCUT2D eigenvalue weighted by Gasteiger charge is 2.35. The average molecular weight is 476 g/mol. The number of rotatable bonds is 7. The van der Waals surface area contributed by atoms with Crippen LogP contribution in [0.5, 0.6) is 0 Å². The van der Waals surface area contributed by atoms with Crippen molar-refractivity contribution in [3.8, 4) is 0 Å². The molecule has 0 radical (unpaired) electrons. The van der Waals surface area contributed by atoms with Crippen LogP contribution in [0.3, 0.4) is 0 Å². The van der Waals surface area contributed by atoms with Crippen molar-refractivity contribution < 1.29 is 35.9 Å². The number of aromatic nitrogens is 1. The van der Waals surface area contributed by atoms with Crippen LogP contribution in [0.25, 0.3) is 0 Å². The van der Waals surface area contributed by atoms with Gasteiger partial charge in [0.15, 0.2) is 5.69 Å². The number of anilines is 2. The molecular weight excluding hydrogens is 453 g/mol. The van der Waals surface area contributed by atoms with Gasteiger partial charge in [0.1, 0.15) is 6.26 Å². The van der Waals surface area contributed by atoms with Gasteiger partial charge in [-0.15, -0.1) is 0 Å². The lowest BCUT2D eigenvalue weighted by Crippen LogP contribution is -2.46. The SMILES string of the molecule is CC(C)c1ccc(C(F)(F)F)cc1Nc1nc(C(=O)NS(=O)(=O)N2CCCC2CO)co1. The van der Waals surface area contributed by atoms with Crippen molar-refractivity contribution in [3.63, 3.8) is 0 Å². The van der Waals surface area contributed by atoms with Crippen LogP contribution in [0, 0.1) is 0 Å². The van der Waals surface area contributed by atoms with Crippen LogP contribution in [0.2, 0.25) is 0 Å². The number of nitrogens with one attached hydrogen (secondary N) is 2. The Labute approximate surface area is 182 Å². The van der Waals surface area contributed by atoms with E-state index in [0.29, 0.717) is 18.4 Å². The molecule has 1 aliphatic heterocycles. The molecule has 3 rings (SSSR count). The van der Waals surface area contributed by atoms with Crippen molar-refractivity contribution in [3.05, 3.63) is 41.3 Å². The molecular formula is C19H23F3N4O5S. The van der Waals surface area contributed by atoms with E-state index in [0.717, 1.165) is 22.7 Å². The Morgan fingerprint density at radius 3 is 2.72 bits per heavy atom. The molecule has 3 N–H and O–H groups in total. The van der Waals surface area contributed by atoms with Crippen molar-refractivity contribution in [1.29, 1.82) is 0 Å². The third kappa shape index (κ3) is 5.22. The highest BCUT2D eigenvalue weighted by atomic mass is 32.2. The van der Waals surface area contributed by atoms with Crippen LogP contribution in [0.15, 0.2) is 28.9 Å². The fraction of sp³-hybridized carbons (Fsp3) is 0.474. The van der Waals surface area contributed by atoms with Crippen LogP contribution in [-0.2, 0) is 16.4 Å². The van der Waals surface area contributed by atoms with Crippen molar-refractivity contribution in [2.75, 3.05) is 18.5 Å². The molecule has 2 aromatic rings. The number of oxazole rings is 1. The highest BCUT2D eigenvalue weighted by molar-refractivity contribution is 7.87. The maximum atomic E-state index is 13.1. The zero-order chi connectivity index (χ0) is 23.7. The van der Waals surface area contributed by atoms with E-state index in [1.54, 1.807) is 13.8 Å². The number of amides is 1. The summed E-state index contributed by atoms with van der Waals surface area (Å²) in [5, 5.41) is 11.9. The topological polar surface area (TPSA) is 125 Å². The van der Waals surface area contributed by atoms with Crippen LogP contribution in [-0.4, -0.2) is 47.9 Å². The summed E-state index contributed by atoms with van der Waals surface area (Å²) in [6.45, 7) is 3.38. The van der Waals surface area contributed by atoms with E-state index in [1.807, 2.05) is 4.72 Å². The molecule has 1 amide bonds. The standard InChI is InChI=1S/C19H23F3N4O5S/c1-11(2)14-6-5-12(19(20,21)22)8-15(14)23-18-24-16(10-31-18)17(28)25-32(29,30)26-7-3-4-13(26)9-27/h5-6,8,10-11,13,27H,3-4,7,9H2,1-2H3,(H,23,24)(H,25,28). The lowest BCUT2D eigenvalue weighted by molar-refractivity contribution is -0.137. The van der Waals surface area contributed by atoms with E-state index in [1.165, 1.54) is 6.07 Å². The molecule has 176 valence electrons. The number of hydrogen-bond acceptors (Lipinski definition) is 7. The zero-order valence-electron chi connectivity index (χ0n) is 17.3. The molecule has 1 aliphatic rings. The third-order valence-electron chi connectivity index (χ3n) is 5.05. The second-order valence-electron chi connectivity index (χ2n) is 7.64.